The Morgan fingerprint density at radius 1 is 1.73 bits per heavy atom. The van der Waals surface area contributed by atoms with E-state index in [1.165, 1.54) is 0 Å². The Kier molecular flexibility index (Phi) is 3.87. The number of piperazine rings is 1. The first-order valence-corrected chi connectivity index (χ1v) is 5.10. The smallest absolute Gasteiger partial charge is 0.240 e. The van der Waals surface area contributed by atoms with E-state index in [1.54, 1.807) is 18.0 Å². The van der Waals surface area contributed by atoms with E-state index in [2.05, 4.69) is 19.6 Å². The van der Waals surface area contributed by atoms with Gasteiger partial charge in [-0.2, -0.15) is 5.26 Å². The summed E-state index contributed by atoms with van der Waals surface area (Å²) in [4.78, 5) is 15.6. The summed E-state index contributed by atoms with van der Waals surface area (Å²) < 4.78 is 0. The molecule has 82 valence electrons. The third-order valence-electron chi connectivity index (χ3n) is 2.79. The Labute approximate surface area is 90.8 Å². The summed E-state index contributed by atoms with van der Waals surface area (Å²) in [5.74, 6) is 0.0384. The molecule has 0 saturated carbocycles. The first-order chi connectivity index (χ1) is 7.11. The van der Waals surface area contributed by atoms with Crippen LogP contribution in [0.3, 0.4) is 0 Å². The molecule has 0 aliphatic carbocycles. The lowest BCUT2D eigenvalue weighted by atomic mass is 10.0. The van der Waals surface area contributed by atoms with Crippen molar-refractivity contribution in [3.05, 3.63) is 12.7 Å². The summed E-state index contributed by atoms with van der Waals surface area (Å²) in [6.45, 7) is 7.12. The Balaban J connectivity index is 2.85. The third kappa shape index (κ3) is 2.37. The first kappa shape index (κ1) is 11.7. The van der Waals surface area contributed by atoms with Gasteiger partial charge in [-0.25, -0.2) is 0 Å². The molecular weight excluding hydrogens is 190 g/mol. The molecule has 0 aromatic carbocycles. The third-order valence-corrected chi connectivity index (χ3v) is 2.79. The number of likely N-dealkylation sites (N-methyl/N-ethyl adjacent to an activating group) is 1. The Bertz CT molecular complexity index is 295. The number of amides is 1. The quantitative estimate of drug-likeness (QED) is 0.637. The van der Waals surface area contributed by atoms with Gasteiger partial charge in [0.1, 0.15) is 6.04 Å². The van der Waals surface area contributed by atoms with E-state index in [-0.39, 0.29) is 24.4 Å². The maximum atomic E-state index is 11.8. The standard InChI is InChI=1S/C11H17N3O/c1-4-7-14-9(2)8-13(3)11(15)10(14)5-6-12/h4,9-10H,1,5,7-8H2,2-3H3. The zero-order chi connectivity index (χ0) is 11.4. The van der Waals surface area contributed by atoms with E-state index in [4.69, 9.17) is 5.26 Å². The van der Waals surface area contributed by atoms with Gasteiger partial charge >= 0.3 is 0 Å². The number of nitrogens with zero attached hydrogens (tertiary/aromatic N) is 3. The lowest BCUT2D eigenvalue weighted by Crippen LogP contribution is -2.59. The van der Waals surface area contributed by atoms with Gasteiger partial charge in [0.15, 0.2) is 0 Å². The van der Waals surface area contributed by atoms with Gasteiger partial charge in [-0.3, -0.25) is 9.69 Å². The predicted octanol–water partition coefficient (Wildman–Crippen LogP) is 0.617. The molecule has 1 rings (SSSR count). The topological polar surface area (TPSA) is 47.3 Å². The molecule has 1 fully saturated rings. The molecule has 2 unspecified atom stereocenters. The summed E-state index contributed by atoms with van der Waals surface area (Å²) in [5, 5.41) is 8.72. The average molecular weight is 207 g/mol. The minimum Gasteiger partial charge on any atom is -0.343 e. The normalized spacial score (nSPS) is 27.5. The first-order valence-electron chi connectivity index (χ1n) is 5.10. The SMILES string of the molecule is C=CCN1C(C)CN(C)C(=O)C1CC#N. The molecule has 4 nitrogen and oxygen atoms in total. The molecule has 0 aromatic heterocycles. The summed E-state index contributed by atoms with van der Waals surface area (Å²) in [7, 11) is 1.79. The Morgan fingerprint density at radius 2 is 2.40 bits per heavy atom. The molecule has 0 radical (unpaired) electrons. The maximum absolute atomic E-state index is 11.8. The van der Waals surface area contributed by atoms with Crippen LogP contribution >= 0.6 is 0 Å². The highest BCUT2D eigenvalue weighted by Gasteiger charge is 2.36. The molecule has 0 bridgehead atoms. The largest absolute Gasteiger partial charge is 0.343 e. The zero-order valence-corrected chi connectivity index (χ0v) is 9.31. The molecule has 0 N–H and O–H groups in total. The summed E-state index contributed by atoms with van der Waals surface area (Å²) in [6.07, 6.45) is 2.03. The number of carbonyl (C=O) groups is 1. The molecule has 1 amide bonds. The van der Waals surface area contributed by atoms with E-state index in [0.29, 0.717) is 13.1 Å². The van der Waals surface area contributed by atoms with Crippen LogP contribution in [0.4, 0.5) is 0 Å². The fourth-order valence-corrected chi connectivity index (χ4v) is 2.04. The molecule has 1 heterocycles. The fourth-order valence-electron chi connectivity index (χ4n) is 2.04. The summed E-state index contributed by atoms with van der Waals surface area (Å²) >= 11 is 0. The monoisotopic (exact) mass is 207 g/mol. The van der Waals surface area contributed by atoms with Gasteiger partial charge in [-0.15, -0.1) is 6.58 Å². The summed E-state index contributed by atoms with van der Waals surface area (Å²) in [6, 6.07) is 2.05. The minimum absolute atomic E-state index is 0.0384. The van der Waals surface area contributed by atoms with Crippen LogP contribution in [-0.4, -0.2) is 47.9 Å². The number of nitriles is 1. The number of carbonyl (C=O) groups excluding carboxylic acids is 1. The van der Waals surface area contributed by atoms with Crippen LogP contribution in [0.15, 0.2) is 12.7 Å². The molecule has 15 heavy (non-hydrogen) atoms. The van der Waals surface area contributed by atoms with Crippen molar-refractivity contribution < 1.29 is 4.79 Å². The van der Waals surface area contributed by atoms with Gasteiger partial charge in [0, 0.05) is 26.2 Å². The van der Waals surface area contributed by atoms with Crippen molar-refractivity contribution in [3.63, 3.8) is 0 Å². The minimum atomic E-state index is -0.304. The summed E-state index contributed by atoms with van der Waals surface area (Å²) in [5.41, 5.74) is 0. The van der Waals surface area contributed by atoms with E-state index in [0.717, 1.165) is 0 Å². The lowest BCUT2D eigenvalue weighted by molar-refractivity contribution is -0.142. The molecular formula is C11H17N3O. The van der Waals surface area contributed by atoms with Crippen LogP contribution in [0, 0.1) is 11.3 Å². The predicted molar refractivity (Wildman–Crippen MR) is 58.0 cm³/mol. The van der Waals surface area contributed by atoms with E-state index < -0.39 is 0 Å². The van der Waals surface area contributed by atoms with Gasteiger partial charge < -0.3 is 4.90 Å². The second-order valence-corrected chi connectivity index (χ2v) is 3.93. The van der Waals surface area contributed by atoms with Crippen molar-refractivity contribution in [1.29, 1.82) is 5.26 Å². The van der Waals surface area contributed by atoms with E-state index in [1.807, 2.05) is 4.90 Å². The van der Waals surface area contributed by atoms with Crippen molar-refractivity contribution in [3.8, 4) is 6.07 Å². The van der Waals surface area contributed by atoms with E-state index >= 15 is 0 Å². The van der Waals surface area contributed by atoms with Crippen LogP contribution in [-0.2, 0) is 4.79 Å². The molecule has 2 atom stereocenters. The molecule has 0 aromatic rings. The average Bonchev–Trinajstić information content (AvgIpc) is 2.20. The van der Waals surface area contributed by atoms with Crippen LogP contribution in [0.5, 0.6) is 0 Å². The molecule has 1 aliphatic heterocycles. The molecule has 1 saturated heterocycles. The van der Waals surface area contributed by atoms with Gasteiger partial charge in [0.25, 0.3) is 0 Å². The highest BCUT2D eigenvalue weighted by Crippen LogP contribution is 2.17. The molecule has 0 spiro atoms. The van der Waals surface area contributed by atoms with Crippen molar-refractivity contribution >= 4 is 5.91 Å². The van der Waals surface area contributed by atoms with Crippen LogP contribution < -0.4 is 0 Å². The lowest BCUT2D eigenvalue weighted by Gasteiger charge is -2.42. The van der Waals surface area contributed by atoms with Crippen LogP contribution in [0.2, 0.25) is 0 Å². The highest BCUT2D eigenvalue weighted by molar-refractivity contribution is 5.82. The molecule has 4 heteroatoms. The van der Waals surface area contributed by atoms with Crippen molar-refractivity contribution in [2.24, 2.45) is 0 Å². The highest BCUT2D eigenvalue weighted by atomic mass is 16.2. The Hall–Kier alpha value is -1.34. The van der Waals surface area contributed by atoms with Crippen molar-refractivity contribution in [2.45, 2.75) is 25.4 Å². The number of rotatable bonds is 3. The van der Waals surface area contributed by atoms with Crippen LogP contribution in [0.25, 0.3) is 0 Å². The van der Waals surface area contributed by atoms with Gasteiger partial charge in [0.2, 0.25) is 5.91 Å². The van der Waals surface area contributed by atoms with Crippen LogP contribution in [0.1, 0.15) is 13.3 Å². The van der Waals surface area contributed by atoms with Gasteiger partial charge in [0.05, 0.1) is 12.5 Å². The molecule has 1 aliphatic rings. The van der Waals surface area contributed by atoms with Gasteiger partial charge in [-0.05, 0) is 6.92 Å². The van der Waals surface area contributed by atoms with E-state index in [9.17, 15) is 4.79 Å². The zero-order valence-electron chi connectivity index (χ0n) is 9.31. The number of hydrogen-bond donors (Lipinski definition) is 0. The fraction of sp³-hybridized carbons (Fsp3) is 0.636. The Morgan fingerprint density at radius 3 is 2.93 bits per heavy atom. The second-order valence-electron chi connectivity index (χ2n) is 3.93. The number of hydrogen-bond acceptors (Lipinski definition) is 3. The second kappa shape index (κ2) is 4.94. The van der Waals surface area contributed by atoms with Crippen molar-refractivity contribution in [1.82, 2.24) is 9.80 Å². The van der Waals surface area contributed by atoms with Crippen molar-refractivity contribution in [2.75, 3.05) is 20.1 Å². The van der Waals surface area contributed by atoms with Gasteiger partial charge in [-0.1, -0.05) is 6.08 Å². The maximum Gasteiger partial charge on any atom is 0.240 e.